The number of phenolic OH excluding ortho intramolecular Hbond substituents is 1. The van der Waals surface area contributed by atoms with E-state index in [2.05, 4.69) is 0 Å². The molecule has 1 heterocycles. The lowest BCUT2D eigenvalue weighted by Gasteiger charge is -2.12. The lowest BCUT2D eigenvalue weighted by atomic mass is 9.96. The normalized spacial score (nSPS) is 10.7. The zero-order chi connectivity index (χ0) is 14.8. The van der Waals surface area contributed by atoms with Crippen LogP contribution in [0.15, 0.2) is 47.2 Å². The molecule has 21 heavy (non-hydrogen) atoms. The van der Waals surface area contributed by atoms with Gasteiger partial charge in [-0.25, -0.2) is 4.79 Å². The third kappa shape index (κ3) is 2.38. The molecule has 0 aliphatic rings. The van der Waals surface area contributed by atoms with Crippen molar-refractivity contribution in [2.45, 2.75) is 6.92 Å². The van der Waals surface area contributed by atoms with E-state index in [1.165, 1.54) is 0 Å². The maximum atomic E-state index is 12.2. The number of benzene rings is 2. The third-order valence-electron chi connectivity index (χ3n) is 3.33. The van der Waals surface area contributed by atoms with Crippen molar-refractivity contribution in [3.63, 3.8) is 0 Å². The second-order valence-electron chi connectivity index (χ2n) is 4.60. The van der Waals surface area contributed by atoms with Crippen molar-refractivity contribution in [2.24, 2.45) is 0 Å². The number of aromatic hydroxyl groups is 1. The first-order valence-corrected chi connectivity index (χ1v) is 7.61. The van der Waals surface area contributed by atoms with Crippen LogP contribution in [0.25, 0.3) is 21.9 Å². The molecule has 3 aromatic rings. The smallest absolute Gasteiger partial charge is 0.342 e. The third-order valence-corrected chi connectivity index (χ3v) is 4.02. The molecule has 0 saturated heterocycles. The molecule has 0 unspecified atom stereocenters. The fourth-order valence-corrected chi connectivity index (χ4v) is 3.04. The number of carbonyl (C=O) groups excluding carboxylic acids is 1. The van der Waals surface area contributed by atoms with Gasteiger partial charge >= 0.3 is 5.97 Å². The molecule has 0 amide bonds. The van der Waals surface area contributed by atoms with Crippen LogP contribution in [-0.2, 0) is 4.74 Å². The summed E-state index contributed by atoms with van der Waals surface area (Å²) < 4.78 is 5.10. The summed E-state index contributed by atoms with van der Waals surface area (Å²) in [4.78, 5) is 12.2. The number of phenols is 1. The number of fused-ring (bicyclic) bond motifs is 1. The average molecular weight is 298 g/mol. The molecule has 0 fully saturated rings. The average Bonchev–Trinajstić information content (AvgIpc) is 3.01. The van der Waals surface area contributed by atoms with Gasteiger partial charge in [0.25, 0.3) is 0 Å². The van der Waals surface area contributed by atoms with Gasteiger partial charge in [0, 0.05) is 10.9 Å². The minimum Gasteiger partial charge on any atom is -0.506 e. The highest BCUT2D eigenvalue weighted by molar-refractivity contribution is 7.08. The Kier molecular flexibility index (Phi) is 3.62. The van der Waals surface area contributed by atoms with Gasteiger partial charge in [-0.3, -0.25) is 0 Å². The summed E-state index contributed by atoms with van der Waals surface area (Å²) in [6.07, 6.45) is 0. The second kappa shape index (κ2) is 5.58. The van der Waals surface area contributed by atoms with Crippen molar-refractivity contribution in [1.82, 2.24) is 0 Å². The second-order valence-corrected chi connectivity index (χ2v) is 5.38. The Morgan fingerprint density at radius 1 is 1.29 bits per heavy atom. The number of thiophene rings is 1. The van der Waals surface area contributed by atoms with Crippen LogP contribution < -0.4 is 0 Å². The summed E-state index contributed by atoms with van der Waals surface area (Å²) in [6, 6.07) is 11.3. The van der Waals surface area contributed by atoms with Gasteiger partial charge in [-0.05, 0) is 40.8 Å². The van der Waals surface area contributed by atoms with E-state index < -0.39 is 5.97 Å². The Hall–Kier alpha value is -2.33. The van der Waals surface area contributed by atoms with Gasteiger partial charge < -0.3 is 9.84 Å². The minimum atomic E-state index is -0.498. The lowest BCUT2D eigenvalue weighted by Crippen LogP contribution is -2.07. The number of ether oxygens (including phenoxy) is 1. The summed E-state index contributed by atoms with van der Waals surface area (Å²) >= 11 is 1.55. The van der Waals surface area contributed by atoms with Crippen LogP contribution >= 0.6 is 11.3 Å². The number of rotatable bonds is 3. The summed E-state index contributed by atoms with van der Waals surface area (Å²) in [7, 11) is 0. The van der Waals surface area contributed by atoms with Crippen LogP contribution in [0.2, 0.25) is 0 Å². The maximum absolute atomic E-state index is 12.2. The van der Waals surface area contributed by atoms with E-state index in [1.54, 1.807) is 24.3 Å². The predicted molar refractivity (Wildman–Crippen MR) is 84.9 cm³/mol. The van der Waals surface area contributed by atoms with Crippen molar-refractivity contribution in [2.75, 3.05) is 6.61 Å². The maximum Gasteiger partial charge on any atom is 0.342 e. The molecule has 1 aromatic heterocycles. The van der Waals surface area contributed by atoms with Crippen molar-refractivity contribution in [3.05, 3.63) is 52.7 Å². The van der Waals surface area contributed by atoms with Gasteiger partial charge in [0.2, 0.25) is 0 Å². The zero-order valence-corrected chi connectivity index (χ0v) is 12.3. The molecule has 2 aromatic carbocycles. The first kappa shape index (κ1) is 13.6. The molecular weight excluding hydrogens is 284 g/mol. The summed E-state index contributed by atoms with van der Waals surface area (Å²) in [6.45, 7) is 2.02. The van der Waals surface area contributed by atoms with Crippen LogP contribution in [0, 0.1) is 0 Å². The van der Waals surface area contributed by atoms with Gasteiger partial charge in [-0.2, -0.15) is 11.3 Å². The monoisotopic (exact) mass is 298 g/mol. The highest BCUT2D eigenvalue weighted by atomic mass is 32.1. The van der Waals surface area contributed by atoms with Crippen LogP contribution in [0.4, 0.5) is 0 Å². The Labute approximate surface area is 126 Å². The zero-order valence-electron chi connectivity index (χ0n) is 11.5. The molecule has 3 rings (SSSR count). The highest BCUT2D eigenvalue weighted by Crippen LogP contribution is 2.38. The van der Waals surface area contributed by atoms with Gasteiger partial charge in [0.15, 0.2) is 0 Å². The van der Waals surface area contributed by atoms with Gasteiger partial charge in [-0.1, -0.05) is 24.3 Å². The first-order valence-electron chi connectivity index (χ1n) is 6.66. The summed E-state index contributed by atoms with van der Waals surface area (Å²) in [5.74, 6) is -0.519. The largest absolute Gasteiger partial charge is 0.506 e. The molecule has 106 valence electrons. The number of carbonyl (C=O) groups is 1. The molecule has 0 aliphatic heterocycles. The molecule has 0 atom stereocenters. The van der Waals surface area contributed by atoms with Gasteiger partial charge in [0.05, 0.1) is 6.61 Å². The highest BCUT2D eigenvalue weighted by Gasteiger charge is 2.21. The van der Waals surface area contributed by atoms with E-state index in [0.717, 1.165) is 10.9 Å². The molecule has 0 aliphatic carbocycles. The molecule has 3 nitrogen and oxygen atoms in total. The standard InChI is InChI=1S/C17H14O3S/c1-2-20-17(19)15-14(12-7-8-21-10-12)9-11-5-3-4-6-13(11)16(15)18/h3-10,18H,2H2,1H3. The molecular formula is C17H14O3S. The van der Waals surface area contributed by atoms with E-state index in [4.69, 9.17) is 4.74 Å². The summed E-state index contributed by atoms with van der Waals surface area (Å²) in [5.41, 5.74) is 1.84. The van der Waals surface area contributed by atoms with E-state index in [-0.39, 0.29) is 17.9 Å². The molecule has 1 N–H and O–H groups in total. The quantitative estimate of drug-likeness (QED) is 0.727. The van der Waals surface area contributed by atoms with Crippen molar-refractivity contribution >= 4 is 28.1 Å². The van der Waals surface area contributed by atoms with Crippen molar-refractivity contribution < 1.29 is 14.6 Å². The Morgan fingerprint density at radius 3 is 2.81 bits per heavy atom. The predicted octanol–water partition coefficient (Wildman–Crippen LogP) is 4.45. The van der Waals surface area contributed by atoms with E-state index in [9.17, 15) is 9.90 Å². The number of esters is 1. The van der Waals surface area contributed by atoms with E-state index in [0.29, 0.717) is 10.9 Å². The SMILES string of the molecule is CCOC(=O)c1c(-c2ccsc2)cc2ccccc2c1O. The van der Waals surface area contributed by atoms with Crippen LogP contribution in [0.5, 0.6) is 5.75 Å². The number of hydrogen-bond donors (Lipinski definition) is 1. The van der Waals surface area contributed by atoms with Crippen molar-refractivity contribution in [1.29, 1.82) is 0 Å². The Morgan fingerprint density at radius 2 is 2.10 bits per heavy atom. The summed E-state index contributed by atoms with van der Waals surface area (Å²) in [5, 5.41) is 16.0. The fraction of sp³-hybridized carbons (Fsp3) is 0.118. The fourth-order valence-electron chi connectivity index (χ4n) is 2.38. The lowest BCUT2D eigenvalue weighted by molar-refractivity contribution is 0.0524. The Bertz CT molecular complexity index is 791. The molecule has 0 bridgehead atoms. The van der Waals surface area contributed by atoms with Crippen LogP contribution in [-0.4, -0.2) is 17.7 Å². The van der Waals surface area contributed by atoms with Crippen LogP contribution in [0.3, 0.4) is 0 Å². The van der Waals surface area contributed by atoms with Crippen molar-refractivity contribution in [3.8, 4) is 16.9 Å². The van der Waals surface area contributed by atoms with E-state index >= 15 is 0 Å². The number of hydrogen-bond acceptors (Lipinski definition) is 4. The molecule has 0 radical (unpaired) electrons. The topological polar surface area (TPSA) is 46.5 Å². The molecule has 0 spiro atoms. The van der Waals surface area contributed by atoms with Gasteiger partial charge in [-0.15, -0.1) is 0 Å². The Balaban J connectivity index is 2.33. The molecule has 0 saturated carbocycles. The van der Waals surface area contributed by atoms with Crippen LogP contribution in [0.1, 0.15) is 17.3 Å². The van der Waals surface area contributed by atoms with E-state index in [1.807, 2.05) is 41.1 Å². The molecule has 4 heteroatoms. The van der Waals surface area contributed by atoms with Gasteiger partial charge in [0.1, 0.15) is 11.3 Å². The minimum absolute atomic E-state index is 0.0206. The first-order chi connectivity index (χ1) is 10.2.